The third-order valence-electron chi connectivity index (χ3n) is 5.07. The molecule has 4 rings (SSSR count). The number of thiophene rings is 1. The maximum atomic E-state index is 12.9. The maximum absolute atomic E-state index is 12.9. The molecule has 2 N–H and O–H groups in total. The Morgan fingerprint density at radius 3 is 2.69 bits per heavy atom. The van der Waals surface area contributed by atoms with Gasteiger partial charge in [-0.05, 0) is 26.3 Å². The van der Waals surface area contributed by atoms with Crippen LogP contribution in [0.2, 0.25) is 0 Å². The van der Waals surface area contributed by atoms with Gasteiger partial charge < -0.3 is 10.3 Å². The SMILES string of the molecule is CCCCS(=O)c1sc2nc(-c3nccs3)cc(-c3nc(C)c(C)n3C)c2c1N. The predicted octanol–water partition coefficient (Wildman–Crippen LogP) is 4.93. The Morgan fingerprint density at radius 2 is 2.07 bits per heavy atom. The van der Waals surface area contributed by atoms with E-state index in [2.05, 4.69) is 16.5 Å². The van der Waals surface area contributed by atoms with Crippen LogP contribution in [0.15, 0.2) is 21.9 Å². The molecule has 0 saturated heterocycles. The summed E-state index contributed by atoms with van der Waals surface area (Å²) in [6.45, 7) is 6.15. The van der Waals surface area contributed by atoms with Gasteiger partial charge in [-0.3, -0.25) is 4.21 Å². The van der Waals surface area contributed by atoms with Gasteiger partial charge >= 0.3 is 0 Å². The summed E-state index contributed by atoms with van der Waals surface area (Å²) in [4.78, 5) is 14.8. The first kappa shape index (κ1) is 20.2. The van der Waals surface area contributed by atoms with Crippen LogP contribution in [0.5, 0.6) is 0 Å². The van der Waals surface area contributed by atoms with Crippen LogP contribution in [0.1, 0.15) is 31.2 Å². The molecule has 0 bridgehead atoms. The number of imidazole rings is 1. The minimum Gasteiger partial charge on any atom is -0.396 e. The highest BCUT2D eigenvalue weighted by atomic mass is 32.2. The summed E-state index contributed by atoms with van der Waals surface area (Å²) in [5.74, 6) is 1.45. The van der Waals surface area contributed by atoms with Crippen LogP contribution in [0.3, 0.4) is 0 Å². The Bertz CT molecular complexity index is 1210. The molecule has 0 spiro atoms. The lowest BCUT2D eigenvalue weighted by atomic mass is 10.1. The number of thiazole rings is 1. The molecule has 0 aliphatic rings. The van der Waals surface area contributed by atoms with Crippen molar-refractivity contribution in [3.8, 4) is 22.1 Å². The minimum atomic E-state index is -1.13. The Hall–Kier alpha value is -2.10. The number of anilines is 1. The number of pyridine rings is 1. The number of fused-ring (bicyclic) bond motifs is 1. The van der Waals surface area contributed by atoms with E-state index in [9.17, 15) is 4.21 Å². The fourth-order valence-electron chi connectivity index (χ4n) is 3.23. The van der Waals surface area contributed by atoms with E-state index in [1.165, 1.54) is 11.3 Å². The number of hydrogen-bond donors (Lipinski definition) is 1. The number of hydrogen-bond acceptors (Lipinski definition) is 7. The fraction of sp³-hybridized carbons (Fsp3) is 0.350. The number of nitrogens with two attached hydrogens (primary N) is 1. The molecular formula is C20H23N5OS3. The van der Waals surface area contributed by atoms with Gasteiger partial charge in [0.2, 0.25) is 0 Å². The first-order valence-electron chi connectivity index (χ1n) is 9.43. The molecule has 0 fully saturated rings. The predicted molar refractivity (Wildman–Crippen MR) is 123 cm³/mol. The van der Waals surface area contributed by atoms with Gasteiger partial charge in [0.05, 0.1) is 22.2 Å². The summed E-state index contributed by atoms with van der Waals surface area (Å²) >= 11 is 2.97. The number of unbranched alkanes of at least 4 members (excludes halogenated alkanes) is 1. The smallest absolute Gasteiger partial charge is 0.141 e. The number of aryl methyl sites for hydroxylation is 1. The van der Waals surface area contributed by atoms with E-state index in [4.69, 9.17) is 15.7 Å². The second-order valence-electron chi connectivity index (χ2n) is 6.94. The molecule has 4 heterocycles. The lowest BCUT2D eigenvalue weighted by Gasteiger charge is -2.08. The molecule has 0 amide bonds. The molecule has 1 unspecified atom stereocenters. The number of rotatable bonds is 6. The summed E-state index contributed by atoms with van der Waals surface area (Å²) in [5.41, 5.74) is 10.9. The molecule has 0 aliphatic carbocycles. The van der Waals surface area contributed by atoms with Gasteiger partial charge in [-0.2, -0.15) is 0 Å². The molecule has 0 saturated carbocycles. The van der Waals surface area contributed by atoms with Gasteiger partial charge in [-0.15, -0.1) is 22.7 Å². The summed E-state index contributed by atoms with van der Waals surface area (Å²) in [7, 11) is 0.876. The van der Waals surface area contributed by atoms with Crippen molar-refractivity contribution in [2.24, 2.45) is 7.05 Å². The van der Waals surface area contributed by atoms with Crippen molar-refractivity contribution in [3.63, 3.8) is 0 Å². The highest BCUT2D eigenvalue weighted by Crippen LogP contribution is 2.42. The van der Waals surface area contributed by atoms with E-state index in [0.717, 1.165) is 56.5 Å². The summed E-state index contributed by atoms with van der Waals surface area (Å²) in [6, 6.07) is 2.00. The second-order valence-corrected chi connectivity index (χ2v) is 10.6. The van der Waals surface area contributed by atoms with E-state index in [-0.39, 0.29) is 0 Å². The maximum Gasteiger partial charge on any atom is 0.141 e. The van der Waals surface area contributed by atoms with Crippen LogP contribution in [0.4, 0.5) is 5.69 Å². The first-order valence-corrected chi connectivity index (χ1v) is 12.4. The zero-order valence-electron chi connectivity index (χ0n) is 16.9. The summed E-state index contributed by atoms with van der Waals surface area (Å²) in [5, 5.41) is 3.61. The number of nitrogens with zero attached hydrogens (tertiary/aromatic N) is 4. The fourth-order valence-corrected chi connectivity index (χ4v) is 6.62. The standard InChI is InChI=1S/C20H23N5OS3/c1-5-6-9-29(26)20-16(21)15-13(17-23-11(2)12(3)25(17)4)10-14(24-19(15)28-20)18-22-7-8-27-18/h7-8,10H,5-6,9,21H2,1-4H3. The van der Waals surface area contributed by atoms with Gasteiger partial charge in [0.1, 0.15) is 25.6 Å². The first-order chi connectivity index (χ1) is 13.9. The van der Waals surface area contributed by atoms with Crippen molar-refractivity contribution in [3.05, 3.63) is 29.0 Å². The van der Waals surface area contributed by atoms with E-state index in [0.29, 0.717) is 15.6 Å². The topological polar surface area (TPSA) is 86.7 Å². The van der Waals surface area contributed by atoms with Gasteiger partial charge in [-0.1, -0.05) is 13.3 Å². The van der Waals surface area contributed by atoms with Crippen LogP contribution < -0.4 is 5.73 Å². The van der Waals surface area contributed by atoms with Crippen molar-refractivity contribution >= 4 is 49.4 Å². The Kier molecular flexibility index (Phi) is 5.54. The molecule has 0 radical (unpaired) electrons. The molecule has 4 aromatic rings. The zero-order chi connectivity index (χ0) is 20.7. The molecular weight excluding hydrogens is 422 g/mol. The van der Waals surface area contributed by atoms with Crippen LogP contribution in [0.25, 0.3) is 32.3 Å². The van der Waals surface area contributed by atoms with Crippen LogP contribution in [-0.4, -0.2) is 29.5 Å². The van der Waals surface area contributed by atoms with E-state index in [1.807, 2.05) is 32.3 Å². The average molecular weight is 446 g/mol. The molecule has 0 aliphatic heterocycles. The van der Waals surface area contributed by atoms with Crippen molar-refractivity contribution in [2.45, 2.75) is 37.8 Å². The lowest BCUT2D eigenvalue weighted by molar-refractivity contribution is 0.681. The van der Waals surface area contributed by atoms with Crippen molar-refractivity contribution in [1.29, 1.82) is 0 Å². The van der Waals surface area contributed by atoms with Crippen molar-refractivity contribution < 1.29 is 4.21 Å². The highest BCUT2D eigenvalue weighted by Gasteiger charge is 2.23. The van der Waals surface area contributed by atoms with Crippen molar-refractivity contribution in [2.75, 3.05) is 11.5 Å². The monoisotopic (exact) mass is 445 g/mol. The van der Waals surface area contributed by atoms with Gasteiger partial charge in [0, 0.05) is 41.0 Å². The molecule has 6 nitrogen and oxygen atoms in total. The Labute approximate surface area is 180 Å². The third kappa shape index (κ3) is 3.51. The van der Waals surface area contributed by atoms with Crippen molar-refractivity contribution in [1.82, 2.24) is 19.5 Å². The largest absolute Gasteiger partial charge is 0.396 e. The van der Waals surface area contributed by atoms with Gasteiger partial charge in [0.25, 0.3) is 0 Å². The number of nitrogen functional groups attached to an aromatic ring is 1. The van der Waals surface area contributed by atoms with E-state index >= 15 is 0 Å². The Balaban J connectivity index is 1.99. The van der Waals surface area contributed by atoms with Crippen LogP contribution >= 0.6 is 22.7 Å². The normalized spacial score (nSPS) is 12.7. The lowest BCUT2D eigenvalue weighted by Crippen LogP contribution is -2.00. The zero-order valence-corrected chi connectivity index (χ0v) is 19.3. The average Bonchev–Trinajstić information content (AvgIpc) is 3.42. The minimum absolute atomic E-state index is 0.561. The van der Waals surface area contributed by atoms with Crippen LogP contribution in [-0.2, 0) is 17.8 Å². The molecule has 4 aromatic heterocycles. The number of aromatic nitrogens is 4. The van der Waals surface area contributed by atoms with E-state index in [1.54, 1.807) is 17.5 Å². The van der Waals surface area contributed by atoms with E-state index < -0.39 is 10.8 Å². The molecule has 29 heavy (non-hydrogen) atoms. The highest BCUT2D eigenvalue weighted by molar-refractivity contribution is 7.87. The molecule has 1 atom stereocenters. The third-order valence-corrected chi connectivity index (χ3v) is 8.86. The van der Waals surface area contributed by atoms with Gasteiger partial charge in [0.15, 0.2) is 0 Å². The molecule has 0 aromatic carbocycles. The molecule has 9 heteroatoms. The molecule has 152 valence electrons. The summed E-state index contributed by atoms with van der Waals surface area (Å²) in [6.07, 6.45) is 3.68. The Morgan fingerprint density at radius 1 is 1.28 bits per heavy atom. The van der Waals surface area contributed by atoms with Crippen LogP contribution in [0, 0.1) is 13.8 Å². The summed E-state index contributed by atoms with van der Waals surface area (Å²) < 4.78 is 15.6. The second kappa shape index (κ2) is 7.97. The quantitative estimate of drug-likeness (QED) is 0.455. The van der Waals surface area contributed by atoms with Gasteiger partial charge in [-0.25, -0.2) is 15.0 Å².